The van der Waals surface area contributed by atoms with Crippen LogP contribution in [0, 0.1) is 0 Å². The van der Waals surface area contributed by atoms with Gasteiger partial charge < -0.3 is 5.11 Å². The predicted octanol–water partition coefficient (Wildman–Crippen LogP) is 2.24. The Balaban J connectivity index is 3.68. The Morgan fingerprint density at radius 1 is 1.36 bits per heavy atom. The van der Waals surface area contributed by atoms with Crippen LogP contribution < -0.4 is 0 Å². The molecule has 3 heteroatoms. The van der Waals surface area contributed by atoms with Gasteiger partial charge in [0.25, 0.3) is 0 Å². The average Bonchev–Trinajstić information content (AvgIpc) is 1.84. The molecule has 0 aliphatic heterocycles. The summed E-state index contributed by atoms with van der Waals surface area (Å²) >= 11 is 3.68. The number of hydrogen-bond donors (Lipinski definition) is 1. The first-order chi connectivity index (χ1) is 4.99. The molecule has 11 heavy (non-hydrogen) atoms. The maximum Gasteiger partial charge on any atom is 0.0602 e. The van der Waals surface area contributed by atoms with Gasteiger partial charge in [0.05, 0.1) is 5.60 Å². The molecule has 0 aliphatic rings. The molecule has 0 aromatic rings. The molecule has 0 aliphatic carbocycles. The first-order valence-electron chi connectivity index (χ1n) is 3.73. The smallest absolute Gasteiger partial charge is 0.0602 e. The van der Waals surface area contributed by atoms with Crippen LogP contribution in [0.2, 0.25) is 0 Å². The standard InChI is InChI=1S/C8H18OS2/c1-8(2,9)5-7(11-4)6-10-3/h7,9H,5-6H2,1-4H3. The highest BCUT2D eigenvalue weighted by atomic mass is 32.2. The van der Waals surface area contributed by atoms with E-state index in [1.54, 1.807) is 0 Å². The van der Waals surface area contributed by atoms with Gasteiger partial charge in [-0.3, -0.25) is 0 Å². The molecular weight excluding hydrogens is 176 g/mol. The molecule has 68 valence electrons. The van der Waals surface area contributed by atoms with Gasteiger partial charge in [0.1, 0.15) is 0 Å². The number of rotatable bonds is 5. The second kappa shape index (κ2) is 5.33. The summed E-state index contributed by atoms with van der Waals surface area (Å²) in [5.41, 5.74) is -0.511. The van der Waals surface area contributed by atoms with Gasteiger partial charge in [0, 0.05) is 11.0 Å². The largest absolute Gasteiger partial charge is 0.390 e. The molecule has 0 amide bonds. The van der Waals surface area contributed by atoms with Crippen molar-refractivity contribution in [2.45, 2.75) is 31.1 Å². The molecule has 0 fully saturated rings. The van der Waals surface area contributed by atoms with Crippen LogP contribution >= 0.6 is 23.5 Å². The molecule has 0 aromatic carbocycles. The Kier molecular flexibility index (Phi) is 5.65. The molecule has 0 rings (SSSR count). The van der Waals surface area contributed by atoms with Gasteiger partial charge in [0.2, 0.25) is 0 Å². The van der Waals surface area contributed by atoms with E-state index in [1.165, 1.54) is 0 Å². The van der Waals surface area contributed by atoms with Crippen LogP contribution in [0.15, 0.2) is 0 Å². The Morgan fingerprint density at radius 2 is 1.91 bits per heavy atom. The molecule has 0 heterocycles. The van der Waals surface area contributed by atoms with E-state index >= 15 is 0 Å². The molecule has 1 nitrogen and oxygen atoms in total. The Bertz CT molecular complexity index is 98.8. The maximum absolute atomic E-state index is 9.52. The van der Waals surface area contributed by atoms with Crippen LogP contribution in [0.5, 0.6) is 0 Å². The lowest BCUT2D eigenvalue weighted by molar-refractivity contribution is 0.0722. The number of hydrogen-bond acceptors (Lipinski definition) is 3. The molecule has 0 radical (unpaired) electrons. The third kappa shape index (κ3) is 7.04. The molecule has 1 atom stereocenters. The summed E-state index contributed by atoms with van der Waals surface area (Å²) in [5, 5.41) is 10.1. The molecular formula is C8H18OS2. The lowest BCUT2D eigenvalue weighted by Crippen LogP contribution is -2.25. The van der Waals surface area contributed by atoms with Crippen molar-refractivity contribution in [2.75, 3.05) is 18.3 Å². The van der Waals surface area contributed by atoms with Crippen molar-refractivity contribution in [2.24, 2.45) is 0 Å². The maximum atomic E-state index is 9.52. The molecule has 0 saturated heterocycles. The van der Waals surface area contributed by atoms with Crippen molar-refractivity contribution in [1.29, 1.82) is 0 Å². The molecule has 0 bridgehead atoms. The van der Waals surface area contributed by atoms with Crippen LogP contribution in [0.25, 0.3) is 0 Å². The zero-order valence-corrected chi connectivity index (χ0v) is 9.39. The van der Waals surface area contributed by atoms with E-state index in [0.29, 0.717) is 5.25 Å². The highest BCUT2D eigenvalue weighted by Gasteiger charge is 2.18. The molecule has 0 spiro atoms. The summed E-state index contributed by atoms with van der Waals surface area (Å²) < 4.78 is 0. The molecule has 0 aromatic heterocycles. The quantitative estimate of drug-likeness (QED) is 0.725. The third-order valence-electron chi connectivity index (χ3n) is 1.41. The van der Waals surface area contributed by atoms with Crippen molar-refractivity contribution in [3.05, 3.63) is 0 Å². The first kappa shape index (κ1) is 11.7. The summed E-state index contributed by atoms with van der Waals surface area (Å²) in [4.78, 5) is 0. The van der Waals surface area contributed by atoms with Gasteiger partial charge in [-0.25, -0.2) is 0 Å². The van der Waals surface area contributed by atoms with E-state index in [-0.39, 0.29) is 0 Å². The van der Waals surface area contributed by atoms with Crippen molar-refractivity contribution >= 4 is 23.5 Å². The normalized spacial score (nSPS) is 15.0. The van der Waals surface area contributed by atoms with Gasteiger partial charge >= 0.3 is 0 Å². The SMILES string of the molecule is CSCC(CC(C)(C)O)SC. The minimum atomic E-state index is -0.511. The first-order valence-corrected chi connectivity index (χ1v) is 6.42. The van der Waals surface area contributed by atoms with Crippen molar-refractivity contribution in [3.63, 3.8) is 0 Å². The predicted molar refractivity (Wildman–Crippen MR) is 56.6 cm³/mol. The molecule has 0 saturated carbocycles. The van der Waals surface area contributed by atoms with Crippen LogP contribution in [0.4, 0.5) is 0 Å². The van der Waals surface area contributed by atoms with E-state index < -0.39 is 5.60 Å². The Hall–Kier alpha value is 0.660. The van der Waals surface area contributed by atoms with Crippen LogP contribution in [0.3, 0.4) is 0 Å². The van der Waals surface area contributed by atoms with Gasteiger partial charge in [0.15, 0.2) is 0 Å². The zero-order valence-electron chi connectivity index (χ0n) is 7.76. The van der Waals surface area contributed by atoms with Crippen LogP contribution in [-0.4, -0.2) is 34.2 Å². The molecule has 1 N–H and O–H groups in total. The van der Waals surface area contributed by atoms with E-state index in [1.807, 2.05) is 37.4 Å². The van der Waals surface area contributed by atoms with Gasteiger partial charge in [-0.1, -0.05) is 0 Å². The lowest BCUT2D eigenvalue weighted by atomic mass is 10.0. The summed E-state index contributed by atoms with van der Waals surface area (Å²) in [6, 6.07) is 0. The van der Waals surface area contributed by atoms with Gasteiger partial charge in [-0.2, -0.15) is 23.5 Å². The van der Waals surface area contributed by atoms with E-state index in [4.69, 9.17) is 0 Å². The molecule has 1 unspecified atom stereocenters. The second-order valence-corrected chi connectivity index (χ2v) is 5.38. The van der Waals surface area contributed by atoms with E-state index in [2.05, 4.69) is 12.5 Å². The summed E-state index contributed by atoms with van der Waals surface area (Å²) in [7, 11) is 0. The second-order valence-electron chi connectivity index (χ2n) is 3.33. The minimum Gasteiger partial charge on any atom is -0.390 e. The Morgan fingerprint density at radius 3 is 2.18 bits per heavy atom. The van der Waals surface area contributed by atoms with Gasteiger partial charge in [-0.15, -0.1) is 0 Å². The highest BCUT2D eigenvalue weighted by Crippen LogP contribution is 2.22. The summed E-state index contributed by atoms with van der Waals surface area (Å²) in [6.07, 6.45) is 5.09. The Labute approximate surface area is 78.3 Å². The van der Waals surface area contributed by atoms with E-state index in [9.17, 15) is 5.11 Å². The zero-order chi connectivity index (χ0) is 8.91. The number of thioether (sulfide) groups is 2. The fourth-order valence-corrected chi connectivity index (χ4v) is 2.97. The summed E-state index contributed by atoms with van der Waals surface area (Å²) in [6.45, 7) is 3.74. The number of aliphatic hydroxyl groups is 1. The monoisotopic (exact) mass is 194 g/mol. The van der Waals surface area contributed by atoms with Crippen LogP contribution in [-0.2, 0) is 0 Å². The third-order valence-corrected chi connectivity index (χ3v) is 3.36. The fourth-order valence-electron chi connectivity index (χ4n) is 0.953. The van der Waals surface area contributed by atoms with E-state index in [0.717, 1.165) is 12.2 Å². The van der Waals surface area contributed by atoms with Crippen molar-refractivity contribution in [1.82, 2.24) is 0 Å². The highest BCUT2D eigenvalue weighted by molar-refractivity contribution is 8.02. The van der Waals surface area contributed by atoms with Crippen molar-refractivity contribution in [3.8, 4) is 0 Å². The summed E-state index contributed by atoms with van der Waals surface area (Å²) in [5.74, 6) is 1.13. The average molecular weight is 194 g/mol. The van der Waals surface area contributed by atoms with Crippen LogP contribution in [0.1, 0.15) is 20.3 Å². The van der Waals surface area contributed by atoms with Crippen molar-refractivity contribution < 1.29 is 5.11 Å². The van der Waals surface area contributed by atoms with Gasteiger partial charge in [-0.05, 0) is 32.8 Å². The fraction of sp³-hybridized carbons (Fsp3) is 1.00. The lowest BCUT2D eigenvalue weighted by Gasteiger charge is -2.22. The topological polar surface area (TPSA) is 20.2 Å². The minimum absolute atomic E-state index is 0.511.